The molecule has 0 aliphatic carbocycles. The number of hydrogen-bond acceptors (Lipinski definition) is 3. The van der Waals surface area contributed by atoms with Crippen molar-refractivity contribution in [2.24, 2.45) is 0 Å². The summed E-state index contributed by atoms with van der Waals surface area (Å²) in [7, 11) is 0. The van der Waals surface area contributed by atoms with E-state index in [1.54, 1.807) is 5.92 Å². The molecule has 0 aromatic carbocycles. The van der Waals surface area contributed by atoms with Crippen molar-refractivity contribution in [1.29, 1.82) is 0 Å². The second kappa shape index (κ2) is 8.04. The molecule has 0 unspecified atom stereocenters. The summed E-state index contributed by atoms with van der Waals surface area (Å²) in [5.41, 5.74) is 0. The van der Waals surface area contributed by atoms with E-state index >= 15 is 0 Å². The monoisotopic (exact) mass is 303 g/mol. The maximum absolute atomic E-state index is 2.65. The minimum absolute atomic E-state index is 0. The van der Waals surface area contributed by atoms with Crippen LogP contribution in [0.4, 0.5) is 0 Å². The first-order valence-corrected chi connectivity index (χ1v) is 7.60. The van der Waals surface area contributed by atoms with Crippen molar-refractivity contribution in [2.45, 2.75) is 46.2 Å². The largest absolute Gasteiger partial charge is 0.332 e. The van der Waals surface area contributed by atoms with Crippen molar-refractivity contribution in [3.05, 3.63) is 5.92 Å². The average Bonchev–Trinajstić information content (AvgIpc) is 2.78. The van der Waals surface area contributed by atoms with E-state index in [9.17, 15) is 0 Å². The average molecular weight is 303 g/mol. The van der Waals surface area contributed by atoms with Crippen molar-refractivity contribution in [3.8, 4) is 0 Å². The van der Waals surface area contributed by atoms with Crippen LogP contribution in [0.1, 0.15) is 34.1 Å². The van der Waals surface area contributed by atoms with Gasteiger partial charge < -0.3 is 9.80 Å². The summed E-state index contributed by atoms with van der Waals surface area (Å²) in [5.74, 6) is 1.75. The Kier molecular flexibility index (Phi) is 7.41. The summed E-state index contributed by atoms with van der Waals surface area (Å²) in [5, 5.41) is 0. The van der Waals surface area contributed by atoms with E-state index in [1.165, 1.54) is 52.2 Å². The molecule has 0 atom stereocenters. The number of rotatable bonds is 4. The summed E-state index contributed by atoms with van der Waals surface area (Å²) in [6.07, 6.45) is 1.32. The summed E-state index contributed by atoms with van der Waals surface area (Å²) < 4.78 is 0. The van der Waals surface area contributed by atoms with Gasteiger partial charge in [0.2, 0.25) is 0 Å². The Bertz CT molecular complexity index is 250. The molecule has 19 heavy (non-hydrogen) atoms. The number of nitrogens with zero attached hydrogens (tertiary/aromatic N) is 3. The molecule has 0 aromatic rings. The molecule has 3 nitrogen and oxygen atoms in total. The molecule has 0 N–H and O–H groups in total. The van der Waals surface area contributed by atoms with Gasteiger partial charge in [0.05, 0.1) is 0 Å². The molecular weight excluding hydrogens is 273 g/mol. The molecule has 0 amide bonds. The standard InChI is InChI=1S/C15H30N3.V/c1-13(2)17-9-7-16(8-10-17)11-15-5-6-18(12-15)14(3)4;/h13-14H,5-12H2,1-4H3;/q-1;. The molecule has 0 aromatic heterocycles. The zero-order chi connectivity index (χ0) is 13.1. The van der Waals surface area contributed by atoms with Gasteiger partial charge in [-0.25, -0.2) is 0 Å². The van der Waals surface area contributed by atoms with E-state index in [2.05, 4.69) is 42.4 Å². The summed E-state index contributed by atoms with van der Waals surface area (Å²) in [4.78, 5) is 7.84. The molecule has 0 bridgehead atoms. The smallest absolute Gasteiger partial charge is 0.0112 e. The van der Waals surface area contributed by atoms with Crippen LogP contribution in [0.15, 0.2) is 0 Å². The SMILES string of the molecule is CC(C)N1CCN(C[C-]2CCN(C(C)C)C2)CC1.[V]. The summed E-state index contributed by atoms with van der Waals surface area (Å²) in [6.45, 7) is 18.0. The third-order valence-electron chi connectivity index (χ3n) is 4.49. The van der Waals surface area contributed by atoms with Gasteiger partial charge in [-0.15, -0.1) is 13.1 Å². The fourth-order valence-corrected chi connectivity index (χ4v) is 3.07. The maximum atomic E-state index is 2.65. The molecule has 2 saturated heterocycles. The fourth-order valence-electron chi connectivity index (χ4n) is 3.07. The van der Waals surface area contributed by atoms with Gasteiger partial charge in [0, 0.05) is 56.8 Å². The van der Waals surface area contributed by atoms with Gasteiger partial charge in [0.1, 0.15) is 0 Å². The molecule has 111 valence electrons. The molecule has 2 aliphatic rings. The van der Waals surface area contributed by atoms with Crippen LogP contribution < -0.4 is 0 Å². The summed E-state index contributed by atoms with van der Waals surface area (Å²) in [6, 6.07) is 1.42. The molecule has 2 heterocycles. The molecule has 1 radical (unpaired) electrons. The third kappa shape index (κ3) is 5.06. The summed E-state index contributed by atoms with van der Waals surface area (Å²) >= 11 is 0. The minimum Gasteiger partial charge on any atom is -0.332 e. The van der Waals surface area contributed by atoms with Crippen LogP contribution in [0.25, 0.3) is 0 Å². The van der Waals surface area contributed by atoms with Crippen molar-refractivity contribution >= 4 is 0 Å². The van der Waals surface area contributed by atoms with Gasteiger partial charge in [-0.3, -0.25) is 10.8 Å². The van der Waals surface area contributed by atoms with Crippen LogP contribution in [-0.4, -0.2) is 72.6 Å². The molecule has 2 fully saturated rings. The zero-order valence-corrected chi connectivity index (χ0v) is 14.5. The van der Waals surface area contributed by atoms with Crippen LogP contribution in [0.3, 0.4) is 0 Å². The zero-order valence-electron chi connectivity index (χ0n) is 13.1. The molecule has 0 saturated carbocycles. The Balaban J connectivity index is 0.00000180. The quantitative estimate of drug-likeness (QED) is 0.732. The van der Waals surface area contributed by atoms with Gasteiger partial charge in [-0.1, -0.05) is 0 Å². The number of hydrogen-bond donors (Lipinski definition) is 0. The van der Waals surface area contributed by atoms with E-state index in [0.717, 1.165) is 0 Å². The van der Waals surface area contributed by atoms with Crippen LogP contribution >= 0.6 is 0 Å². The number of piperazine rings is 1. The molecule has 0 spiro atoms. The van der Waals surface area contributed by atoms with E-state index in [-0.39, 0.29) is 18.6 Å². The topological polar surface area (TPSA) is 9.72 Å². The Labute approximate surface area is 131 Å². The Morgan fingerprint density at radius 3 is 1.89 bits per heavy atom. The van der Waals surface area contributed by atoms with E-state index in [1.807, 2.05) is 0 Å². The van der Waals surface area contributed by atoms with Crippen molar-refractivity contribution < 1.29 is 18.6 Å². The predicted molar refractivity (Wildman–Crippen MR) is 77.7 cm³/mol. The first-order chi connectivity index (χ1) is 8.56. The van der Waals surface area contributed by atoms with E-state index < -0.39 is 0 Å². The molecule has 4 heteroatoms. The Morgan fingerprint density at radius 1 is 0.842 bits per heavy atom. The predicted octanol–water partition coefficient (Wildman–Crippen LogP) is 1.70. The second-order valence-electron chi connectivity index (χ2n) is 6.47. The first kappa shape index (κ1) is 17.5. The van der Waals surface area contributed by atoms with Gasteiger partial charge in [0.15, 0.2) is 0 Å². The maximum Gasteiger partial charge on any atom is 0.0112 e. The van der Waals surface area contributed by atoms with Crippen molar-refractivity contribution in [2.75, 3.05) is 45.8 Å². The van der Waals surface area contributed by atoms with Gasteiger partial charge in [-0.2, -0.15) is 6.42 Å². The minimum atomic E-state index is 0. The van der Waals surface area contributed by atoms with E-state index in [0.29, 0.717) is 12.1 Å². The van der Waals surface area contributed by atoms with Crippen molar-refractivity contribution in [1.82, 2.24) is 14.7 Å². The first-order valence-electron chi connectivity index (χ1n) is 7.60. The van der Waals surface area contributed by atoms with Crippen LogP contribution in [0, 0.1) is 5.92 Å². The van der Waals surface area contributed by atoms with Crippen LogP contribution in [0.5, 0.6) is 0 Å². The fraction of sp³-hybridized carbons (Fsp3) is 0.933. The molecule has 2 aliphatic heterocycles. The van der Waals surface area contributed by atoms with Gasteiger partial charge in [-0.05, 0) is 34.2 Å². The van der Waals surface area contributed by atoms with Gasteiger partial charge >= 0.3 is 0 Å². The van der Waals surface area contributed by atoms with E-state index in [4.69, 9.17) is 0 Å². The van der Waals surface area contributed by atoms with Gasteiger partial charge in [0.25, 0.3) is 0 Å². The molecule has 2 rings (SSSR count). The second-order valence-corrected chi connectivity index (χ2v) is 6.47. The van der Waals surface area contributed by atoms with Crippen molar-refractivity contribution in [3.63, 3.8) is 0 Å². The van der Waals surface area contributed by atoms with Crippen LogP contribution in [0.2, 0.25) is 0 Å². The Hall–Kier alpha value is 0.464. The van der Waals surface area contributed by atoms with Crippen LogP contribution in [-0.2, 0) is 18.6 Å². The molecular formula is C15H30N3V-. The third-order valence-corrected chi connectivity index (χ3v) is 4.49. The number of likely N-dealkylation sites (tertiary alicyclic amines) is 1. The Morgan fingerprint density at radius 2 is 1.42 bits per heavy atom. The normalized spacial score (nSPS) is 24.3.